The lowest BCUT2D eigenvalue weighted by atomic mass is 9.84. The van der Waals surface area contributed by atoms with E-state index in [-0.39, 0.29) is 23.3 Å². The summed E-state index contributed by atoms with van der Waals surface area (Å²) < 4.78 is 22.5. The summed E-state index contributed by atoms with van der Waals surface area (Å²) in [5.74, 6) is -0.320. The van der Waals surface area contributed by atoms with E-state index in [0.29, 0.717) is 19.4 Å². The molecule has 0 amide bonds. The van der Waals surface area contributed by atoms with E-state index in [1.165, 1.54) is 0 Å². The van der Waals surface area contributed by atoms with Crippen LogP contribution in [-0.2, 0) is 14.6 Å². The van der Waals surface area contributed by atoms with Gasteiger partial charge in [-0.1, -0.05) is 20.8 Å². The molecule has 0 bridgehead atoms. The van der Waals surface area contributed by atoms with Gasteiger partial charge in [0.2, 0.25) is 0 Å². The minimum absolute atomic E-state index is 0.000878. The van der Waals surface area contributed by atoms with Crippen molar-refractivity contribution in [2.45, 2.75) is 46.5 Å². The summed E-state index contributed by atoms with van der Waals surface area (Å²) in [6, 6.07) is 0. The fourth-order valence-corrected chi connectivity index (χ4v) is 2.56. The maximum absolute atomic E-state index is 11.3. The third kappa shape index (κ3) is 10.9. The highest BCUT2D eigenvalue weighted by atomic mass is 32.2. The maximum atomic E-state index is 11.3. The van der Waals surface area contributed by atoms with E-state index in [9.17, 15) is 13.2 Å². The predicted molar refractivity (Wildman–Crippen MR) is 77.1 cm³/mol. The van der Waals surface area contributed by atoms with Gasteiger partial charge in [-0.05, 0) is 37.8 Å². The number of rotatable bonds is 11. The molecule has 0 fully saturated rings. The van der Waals surface area contributed by atoms with E-state index in [1.54, 1.807) is 6.92 Å². The summed E-state index contributed by atoms with van der Waals surface area (Å²) in [6.45, 7) is 7.25. The van der Waals surface area contributed by atoms with Crippen LogP contribution in [0.1, 0.15) is 46.5 Å². The molecule has 0 atom stereocenters. The van der Waals surface area contributed by atoms with E-state index >= 15 is 0 Å². The molecule has 0 radical (unpaired) electrons. The van der Waals surface area contributed by atoms with Crippen LogP contribution in [0.3, 0.4) is 0 Å². The van der Waals surface area contributed by atoms with Crippen LogP contribution in [0.4, 0.5) is 0 Å². The van der Waals surface area contributed by atoms with Gasteiger partial charge in [-0.25, -0.2) is 8.42 Å². The van der Waals surface area contributed by atoms with Gasteiger partial charge in [0, 0.05) is 12.2 Å². The van der Waals surface area contributed by atoms with Crippen LogP contribution in [0, 0.1) is 5.41 Å². The molecule has 0 aromatic rings. The molecule has 2 N–H and O–H groups in total. The van der Waals surface area contributed by atoms with Crippen LogP contribution in [0.15, 0.2) is 0 Å². The lowest BCUT2D eigenvalue weighted by Gasteiger charge is -2.23. The van der Waals surface area contributed by atoms with Gasteiger partial charge < -0.3 is 10.4 Å². The predicted octanol–water partition coefficient (Wildman–Crippen LogP) is 1.68. The van der Waals surface area contributed by atoms with Crippen LogP contribution in [0.25, 0.3) is 0 Å². The summed E-state index contributed by atoms with van der Waals surface area (Å²) in [7, 11) is -2.86. The van der Waals surface area contributed by atoms with Crippen molar-refractivity contribution in [3.8, 4) is 0 Å². The highest BCUT2D eigenvalue weighted by Crippen LogP contribution is 2.25. The van der Waals surface area contributed by atoms with Gasteiger partial charge in [-0.3, -0.25) is 4.79 Å². The lowest BCUT2D eigenvalue weighted by molar-refractivity contribution is -0.137. The molecule has 0 spiro atoms. The van der Waals surface area contributed by atoms with Gasteiger partial charge in [0.25, 0.3) is 0 Å². The third-order valence-corrected chi connectivity index (χ3v) is 5.03. The van der Waals surface area contributed by atoms with Gasteiger partial charge in [-0.2, -0.15) is 0 Å². The molecule has 0 saturated carbocycles. The Morgan fingerprint density at radius 3 is 2.37 bits per heavy atom. The largest absolute Gasteiger partial charge is 0.481 e. The Labute approximate surface area is 116 Å². The van der Waals surface area contributed by atoms with Crippen molar-refractivity contribution in [2.24, 2.45) is 5.41 Å². The molecule has 0 rings (SSSR count). The van der Waals surface area contributed by atoms with Crippen molar-refractivity contribution in [3.05, 3.63) is 0 Å². The highest BCUT2D eigenvalue weighted by molar-refractivity contribution is 7.91. The molecule has 5 nitrogen and oxygen atoms in total. The second-order valence-electron chi connectivity index (χ2n) is 5.65. The van der Waals surface area contributed by atoms with Gasteiger partial charge in [0.05, 0.1) is 5.75 Å². The molecule has 6 heteroatoms. The number of nitrogens with one attached hydrogen (secondary N) is 1. The minimum atomic E-state index is -2.86. The SMILES string of the molecule is CCS(=O)(=O)CCCNCCC(C)(C)CCC(=O)O. The van der Waals surface area contributed by atoms with E-state index in [4.69, 9.17) is 5.11 Å². The Kier molecular flexibility index (Phi) is 8.25. The molecular formula is C13H27NO4S. The van der Waals surface area contributed by atoms with Crippen molar-refractivity contribution < 1.29 is 18.3 Å². The fraction of sp³-hybridized carbons (Fsp3) is 0.923. The number of hydrogen-bond acceptors (Lipinski definition) is 4. The van der Waals surface area contributed by atoms with E-state index in [0.717, 1.165) is 13.0 Å². The van der Waals surface area contributed by atoms with E-state index in [2.05, 4.69) is 19.2 Å². The average Bonchev–Trinajstić information content (AvgIpc) is 2.31. The van der Waals surface area contributed by atoms with Gasteiger partial charge in [-0.15, -0.1) is 0 Å². The Balaban J connectivity index is 3.66. The van der Waals surface area contributed by atoms with Crippen LogP contribution in [-0.4, -0.2) is 44.1 Å². The molecule has 114 valence electrons. The summed E-state index contributed by atoms with van der Waals surface area (Å²) in [5, 5.41) is 11.9. The smallest absolute Gasteiger partial charge is 0.303 e. The van der Waals surface area contributed by atoms with Crippen molar-refractivity contribution >= 4 is 15.8 Å². The third-order valence-electron chi connectivity index (χ3n) is 3.24. The Morgan fingerprint density at radius 1 is 1.21 bits per heavy atom. The zero-order valence-corrected chi connectivity index (χ0v) is 13.1. The first-order chi connectivity index (χ1) is 8.68. The topological polar surface area (TPSA) is 83.5 Å². The van der Waals surface area contributed by atoms with Crippen LogP contribution in [0.5, 0.6) is 0 Å². The summed E-state index contributed by atoms with van der Waals surface area (Å²) in [6.07, 6.45) is 2.38. The zero-order valence-electron chi connectivity index (χ0n) is 12.2. The maximum Gasteiger partial charge on any atom is 0.303 e. The molecule has 0 unspecified atom stereocenters. The second kappa shape index (κ2) is 8.53. The fourth-order valence-electron chi connectivity index (χ4n) is 1.68. The average molecular weight is 293 g/mol. The monoisotopic (exact) mass is 293 g/mol. The quantitative estimate of drug-likeness (QED) is 0.566. The zero-order chi connectivity index (χ0) is 14.9. The molecule has 0 aliphatic heterocycles. The van der Waals surface area contributed by atoms with Crippen LogP contribution >= 0.6 is 0 Å². The molecule has 0 aliphatic carbocycles. The normalized spacial score (nSPS) is 12.6. The van der Waals surface area contributed by atoms with Crippen molar-refractivity contribution in [2.75, 3.05) is 24.6 Å². The number of aliphatic carboxylic acids is 1. The molecule has 19 heavy (non-hydrogen) atoms. The number of hydrogen-bond donors (Lipinski definition) is 2. The number of sulfone groups is 1. The molecule has 0 aromatic carbocycles. The molecule has 0 heterocycles. The highest BCUT2D eigenvalue weighted by Gasteiger charge is 2.18. The molecular weight excluding hydrogens is 266 g/mol. The minimum Gasteiger partial charge on any atom is -0.481 e. The van der Waals surface area contributed by atoms with E-state index < -0.39 is 15.8 Å². The summed E-state index contributed by atoms with van der Waals surface area (Å²) >= 11 is 0. The number of carboxylic acid groups (broad SMARTS) is 1. The number of carboxylic acids is 1. The second-order valence-corrected chi connectivity index (χ2v) is 8.12. The van der Waals surface area contributed by atoms with Crippen molar-refractivity contribution in [1.82, 2.24) is 5.32 Å². The summed E-state index contributed by atoms with van der Waals surface area (Å²) in [5.41, 5.74) is 0.000878. The Bertz CT molecular complexity index is 363. The van der Waals surface area contributed by atoms with Gasteiger partial charge in [0.15, 0.2) is 0 Å². The Hall–Kier alpha value is -0.620. The Morgan fingerprint density at radius 2 is 1.84 bits per heavy atom. The standard InChI is InChI=1S/C13H27NO4S/c1-4-19(17,18)11-5-9-14-10-8-13(2,3)7-6-12(15)16/h14H,4-11H2,1-3H3,(H,15,16). The van der Waals surface area contributed by atoms with E-state index in [1.807, 2.05) is 0 Å². The lowest BCUT2D eigenvalue weighted by Crippen LogP contribution is -2.25. The van der Waals surface area contributed by atoms with Crippen molar-refractivity contribution in [3.63, 3.8) is 0 Å². The van der Waals surface area contributed by atoms with Gasteiger partial charge in [0.1, 0.15) is 9.84 Å². The molecule has 0 aromatic heterocycles. The van der Waals surface area contributed by atoms with Crippen LogP contribution < -0.4 is 5.32 Å². The van der Waals surface area contributed by atoms with Crippen molar-refractivity contribution in [1.29, 1.82) is 0 Å². The first-order valence-electron chi connectivity index (χ1n) is 6.81. The first kappa shape index (κ1) is 18.4. The molecule has 0 saturated heterocycles. The summed E-state index contributed by atoms with van der Waals surface area (Å²) in [4.78, 5) is 10.5. The first-order valence-corrected chi connectivity index (χ1v) is 8.63. The number of carbonyl (C=O) groups is 1. The van der Waals surface area contributed by atoms with Crippen LogP contribution in [0.2, 0.25) is 0 Å². The van der Waals surface area contributed by atoms with Gasteiger partial charge >= 0.3 is 5.97 Å². The molecule has 0 aliphatic rings.